The van der Waals surface area contributed by atoms with Gasteiger partial charge < -0.3 is 5.32 Å². The van der Waals surface area contributed by atoms with Gasteiger partial charge in [-0.2, -0.15) is 10.1 Å². The van der Waals surface area contributed by atoms with Gasteiger partial charge in [0, 0.05) is 18.1 Å². The number of nitrogens with one attached hydrogen (secondary N) is 2. The summed E-state index contributed by atoms with van der Waals surface area (Å²) in [6.45, 7) is 2.79. The second-order valence-corrected chi connectivity index (χ2v) is 5.55. The number of hydrogen-bond acceptors (Lipinski definition) is 7. The van der Waals surface area contributed by atoms with Crippen molar-refractivity contribution in [3.8, 4) is 0 Å². The molecule has 3 rings (SSSR count). The number of aromatic nitrogens is 5. The average Bonchev–Trinajstić information content (AvgIpc) is 2.99. The molecule has 6 nitrogen and oxygen atoms in total. The Hall–Kier alpha value is -1.67. The van der Waals surface area contributed by atoms with Gasteiger partial charge in [0.15, 0.2) is 9.99 Å². The van der Waals surface area contributed by atoms with E-state index in [1.165, 1.54) is 11.8 Å². The number of thiazole rings is 1. The minimum Gasteiger partial charge on any atom is -0.354 e. The number of anilines is 1. The molecule has 3 aromatic heterocycles. The van der Waals surface area contributed by atoms with Gasteiger partial charge in [0.2, 0.25) is 5.95 Å². The maximum Gasteiger partial charge on any atom is 0.225 e. The van der Waals surface area contributed by atoms with Crippen LogP contribution in [0.2, 0.25) is 0 Å². The third-order valence-electron chi connectivity index (χ3n) is 2.20. The molecule has 3 heterocycles. The SMILES string of the molecule is CCNc1nc(Sc2nccs2)c2cn[nH]c2n1. The summed E-state index contributed by atoms with van der Waals surface area (Å²) in [5, 5.41) is 13.7. The van der Waals surface area contributed by atoms with Crippen molar-refractivity contribution in [2.24, 2.45) is 0 Å². The molecule has 0 saturated carbocycles. The van der Waals surface area contributed by atoms with Crippen LogP contribution in [0.3, 0.4) is 0 Å². The quantitative estimate of drug-likeness (QED) is 0.713. The molecule has 0 radical (unpaired) electrons. The fourth-order valence-corrected chi connectivity index (χ4v) is 3.09. The summed E-state index contributed by atoms with van der Waals surface area (Å²) in [5.41, 5.74) is 0.736. The van der Waals surface area contributed by atoms with Gasteiger partial charge in [0.25, 0.3) is 0 Å². The molecular weight excluding hydrogens is 268 g/mol. The van der Waals surface area contributed by atoms with E-state index >= 15 is 0 Å². The van der Waals surface area contributed by atoms with Crippen molar-refractivity contribution < 1.29 is 0 Å². The Balaban J connectivity index is 2.04. The van der Waals surface area contributed by atoms with Gasteiger partial charge in [-0.25, -0.2) is 9.97 Å². The van der Waals surface area contributed by atoms with Crippen molar-refractivity contribution in [1.29, 1.82) is 0 Å². The summed E-state index contributed by atoms with van der Waals surface area (Å²) >= 11 is 3.11. The lowest BCUT2D eigenvalue weighted by Gasteiger charge is -2.04. The number of rotatable bonds is 4. The first-order chi connectivity index (χ1) is 8.86. The van der Waals surface area contributed by atoms with Crippen molar-refractivity contribution in [2.75, 3.05) is 11.9 Å². The highest BCUT2D eigenvalue weighted by Gasteiger charge is 2.11. The first-order valence-corrected chi connectivity index (χ1v) is 7.08. The van der Waals surface area contributed by atoms with E-state index in [1.54, 1.807) is 23.7 Å². The van der Waals surface area contributed by atoms with Gasteiger partial charge in [-0.15, -0.1) is 11.3 Å². The van der Waals surface area contributed by atoms with E-state index in [2.05, 4.69) is 30.5 Å². The molecule has 0 unspecified atom stereocenters. The van der Waals surface area contributed by atoms with E-state index < -0.39 is 0 Å². The van der Waals surface area contributed by atoms with Gasteiger partial charge in [0.1, 0.15) is 5.03 Å². The molecule has 0 atom stereocenters. The minimum absolute atomic E-state index is 0.605. The Kier molecular flexibility index (Phi) is 3.11. The standard InChI is InChI=1S/C10H10N6S2/c1-2-11-9-14-7-6(5-13-16-7)8(15-9)18-10-12-3-4-17-10/h3-5H,2H2,1H3,(H2,11,13,14,15,16). The molecule has 0 fully saturated rings. The Morgan fingerprint density at radius 2 is 2.39 bits per heavy atom. The predicted octanol–water partition coefficient (Wildman–Crippen LogP) is 2.39. The lowest BCUT2D eigenvalue weighted by molar-refractivity contribution is 1.03. The third-order valence-corrected chi connectivity index (χ3v) is 4.09. The lowest BCUT2D eigenvalue weighted by Crippen LogP contribution is -2.02. The fraction of sp³-hybridized carbons (Fsp3) is 0.200. The summed E-state index contributed by atoms with van der Waals surface area (Å²) in [4.78, 5) is 13.1. The number of hydrogen-bond donors (Lipinski definition) is 2. The zero-order valence-electron chi connectivity index (χ0n) is 9.54. The molecule has 8 heteroatoms. The molecule has 92 valence electrons. The first kappa shape index (κ1) is 11.4. The van der Waals surface area contributed by atoms with Crippen LogP contribution >= 0.6 is 23.1 Å². The molecule has 0 aromatic carbocycles. The van der Waals surface area contributed by atoms with E-state index in [0.717, 1.165) is 26.9 Å². The normalized spacial score (nSPS) is 10.9. The van der Waals surface area contributed by atoms with Crippen LogP contribution in [0.5, 0.6) is 0 Å². The van der Waals surface area contributed by atoms with E-state index in [4.69, 9.17) is 0 Å². The molecule has 0 saturated heterocycles. The second-order valence-electron chi connectivity index (χ2n) is 3.42. The van der Waals surface area contributed by atoms with Crippen LogP contribution in [0.25, 0.3) is 11.0 Å². The molecule has 0 aliphatic heterocycles. The maximum atomic E-state index is 4.49. The molecular formula is C10H10N6S2. The van der Waals surface area contributed by atoms with Crippen LogP contribution in [-0.4, -0.2) is 31.7 Å². The lowest BCUT2D eigenvalue weighted by atomic mass is 10.4. The summed E-state index contributed by atoms with van der Waals surface area (Å²) < 4.78 is 0.957. The molecule has 0 aliphatic carbocycles. The Morgan fingerprint density at radius 1 is 1.44 bits per heavy atom. The minimum atomic E-state index is 0.605. The van der Waals surface area contributed by atoms with Crippen LogP contribution in [0.1, 0.15) is 6.92 Å². The average molecular weight is 278 g/mol. The zero-order valence-corrected chi connectivity index (χ0v) is 11.2. The Labute approximate surface area is 111 Å². The second kappa shape index (κ2) is 4.91. The van der Waals surface area contributed by atoms with Crippen LogP contribution in [0, 0.1) is 0 Å². The van der Waals surface area contributed by atoms with E-state index in [1.807, 2.05) is 12.3 Å². The molecule has 0 aliphatic rings. The first-order valence-electron chi connectivity index (χ1n) is 5.39. The van der Waals surface area contributed by atoms with Gasteiger partial charge in [0.05, 0.1) is 11.6 Å². The molecule has 0 bridgehead atoms. The Bertz CT molecular complexity index is 647. The molecule has 3 aromatic rings. The molecule has 0 spiro atoms. The highest BCUT2D eigenvalue weighted by molar-refractivity contribution is 8.01. The number of fused-ring (bicyclic) bond motifs is 1. The van der Waals surface area contributed by atoms with Crippen LogP contribution in [0.4, 0.5) is 5.95 Å². The number of H-pyrrole nitrogens is 1. The highest BCUT2D eigenvalue weighted by Crippen LogP contribution is 2.32. The zero-order chi connectivity index (χ0) is 12.4. The predicted molar refractivity (Wildman–Crippen MR) is 72.1 cm³/mol. The monoisotopic (exact) mass is 278 g/mol. The summed E-state index contributed by atoms with van der Waals surface area (Å²) in [6, 6.07) is 0. The van der Waals surface area contributed by atoms with Crippen molar-refractivity contribution in [3.05, 3.63) is 17.8 Å². The highest BCUT2D eigenvalue weighted by atomic mass is 32.2. The summed E-state index contributed by atoms with van der Waals surface area (Å²) in [6.07, 6.45) is 3.52. The fourth-order valence-electron chi connectivity index (χ4n) is 1.47. The van der Waals surface area contributed by atoms with Gasteiger partial charge in [-0.1, -0.05) is 0 Å². The number of aromatic amines is 1. The van der Waals surface area contributed by atoms with Crippen LogP contribution < -0.4 is 5.32 Å². The Morgan fingerprint density at radius 3 is 3.17 bits per heavy atom. The summed E-state index contributed by atoms with van der Waals surface area (Å²) in [5.74, 6) is 0.605. The molecule has 0 amide bonds. The van der Waals surface area contributed by atoms with Crippen molar-refractivity contribution in [2.45, 2.75) is 16.3 Å². The topological polar surface area (TPSA) is 79.4 Å². The smallest absolute Gasteiger partial charge is 0.225 e. The van der Waals surface area contributed by atoms with Gasteiger partial charge >= 0.3 is 0 Å². The maximum absolute atomic E-state index is 4.49. The van der Waals surface area contributed by atoms with Crippen molar-refractivity contribution in [1.82, 2.24) is 25.1 Å². The summed E-state index contributed by atoms with van der Waals surface area (Å²) in [7, 11) is 0. The third kappa shape index (κ3) is 2.16. The number of nitrogens with zero attached hydrogens (tertiary/aromatic N) is 4. The molecule has 18 heavy (non-hydrogen) atoms. The molecule has 2 N–H and O–H groups in total. The van der Waals surface area contributed by atoms with E-state index in [0.29, 0.717) is 5.95 Å². The van der Waals surface area contributed by atoms with Gasteiger partial charge in [-0.05, 0) is 18.7 Å². The van der Waals surface area contributed by atoms with Crippen molar-refractivity contribution >= 4 is 40.1 Å². The van der Waals surface area contributed by atoms with Crippen LogP contribution in [0.15, 0.2) is 27.1 Å². The van der Waals surface area contributed by atoms with Crippen LogP contribution in [-0.2, 0) is 0 Å². The van der Waals surface area contributed by atoms with Gasteiger partial charge in [-0.3, -0.25) is 5.10 Å². The van der Waals surface area contributed by atoms with E-state index in [9.17, 15) is 0 Å². The largest absolute Gasteiger partial charge is 0.354 e. The van der Waals surface area contributed by atoms with Crippen molar-refractivity contribution in [3.63, 3.8) is 0 Å². The van der Waals surface area contributed by atoms with E-state index in [-0.39, 0.29) is 0 Å².